The molecule has 0 unspecified atom stereocenters. The van der Waals surface area contributed by atoms with Crippen molar-refractivity contribution in [2.75, 3.05) is 5.73 Å². The van der Waals surface area contributed by atoms with Crippen molar-refractivity contribution in [3.63, 3.8) is 0 Å². The van der Waals surface area contributed by atoms with Gasteiger partial charge in [0.05, 0.1) is 0 Å². The lowest BCUT2D eigenvalue weighted by Crippen LogP contribution is -1.93. The van der Waals surface area contributed by atoms with E-state index >= 15 is 0 Å². The van der Waals surface area contributed by atoms with E-state index in [1.807, 2.05) is 0 Å². The van der Waals surface area contributed by atoms with Gasteiger partial charge in [0.2, 0.25) is 0 Å². The maximum atomic E-state index is 5.51. The molecule has 1 rings (SSSR count). The highest BCUT2D eigenvalue weighted by atomic mass is 35.5. The molecular formula is C4H4ClN3S. The van der Waals surface area contributed by atoms with Crippen molar-refractivity contribution >= 4 is 29.8 Å². The van der Waals surface area contributed by atoms with Crippen LogP contribution in [0.1, 0.15) is 0 Å². The first kappa shape index (κ1) is 6.51. The molecule has 3 N–H and O–H groups in total. The summed E-state index contributed by atoms with van der Waals surface area (Å²) >= 11 is 10.2. The summed E-state index contributed by atoms with van der Waals surface area (Å²) in [7, 11) is 0. The molecule has 0 atom stereocenters. The minimum Gasteiger partial charge on any atom is -0.369 e. The number of H-pyrrole nitrogens is 1. The fourth-order valence-electron chi connectivity index (χ4n) is 0.446. The van der Waals surface area contributed by atoms with Crippen LogP contribution in [-0.4, -0.2) is 9.97 Å². The van der Waals surface area contributed by atoms with Gasteiger partial charge in [-0.05, 0) is 0 Å². The fraction of sp³-hybridized carbons (Fsp3) is 0. The third-order valence-electron chi connectivity index (χ3n) is 0.728. The van der Waals surface area contributed by atoms with E-state index in [2.05, 4.69) is 9.97 Å². The van der Waals surface area contributed by atoms with Crippen LogP contribution >= 0.6 is 23.8 Å². The third kappa shape index (κ3) is 1.65. The van der Waals surface area contributed by atoms with Gasteiger partial charge in [-0.2, -0.15) is 0 Å². The zero-order valence-corrected chi connectivity index (χ0v) is 5.96. The van der Waals surface area contributed by atoms with E-state index in [4.69, 9.17) is 29.6 Å². The number of hydrogen-bond donors (Lipinski definition) is 2. The quantitative estimate of drug-likeness (QED) is 0.447. The van der Waals surface area contributed by atoms with Gasteiger partial charge in [-0.3, -0.25) is 0 Å². The normalized spacial score (nSPS) is 9.44. The van der Waals surface area contributed by atoms with Gasteiger partial charge in [0.25, 0.3) is 0 Å². The van der Waals surface area contributed by atoms with E-state index in [0.29, 0.717) is 9.79 Å². The number of anilines is 1. The molecule has 0 saturated carbocycles. The summed E-state index contributed by atoms with van der Waals surface area (Å²) in [5.41, 5.74) is 5.24. The van der Waals surface area contributed by atoms with Crippen LogP contribution in [0.15, 0.2) is 6.07 Å². The van der Waals surface area contributed by atoms with Gasteiger partial charge in [-0.25, -0.2) is 4.98 Å². The zero-order valence-electron chi connectivity index (χ0n) is 4.39. The summed E-state index contributed by atoms with van der Waals surface area (Å²) in [5.74, 6) is 0.243. The summed E-state index contributed by atoms with van der Waals surface area (Å²) in [6.07, 6.45) is 0. The number of rotatable bonds is 0. The van der Waals surface area contributed by atoms with E-state index in [1.54, 1.807) is 0 Å². The van der Waals surface area contributed by atoms with Crippen LogP contribution in [-0.2, 0) is 0 Å². The Labute approximate surface area is 61.9 Å². The van der Waals surface area contributed by atoms with Crippen LogP contribution in [0.3, 0.4) is 0 Å². The van der Waals surface area contributed by atoms with Crippen molar-refractivity contribution in [2.45, 2.75) is 0 Å². The molecule has 1 aromatic rings. The lowest BCUT2D eigenvalue weighted by molar-refractivity contribution is 1.17. The number of halogens is 1. The largest absolute Gasteiger partial charge is 0.369 e. The minimum absolute atomic E-state index is 0.243. The Kier molecular flexibility index (Phi) is 1.68. The third-order valence-corrected chi connectivity index (χ3v) is 1.14. The second kappa shape index (κ2) is 2.33. The molecule has 1 aromatic heterocycles. The molecule has 9 heavy (non-hydrogen) atoms. The molecule has 0 saturated heterocycles. The molecule has 0 fully saturated rings. The van der Waals surface area contributed by atoms with Crippen LogP contribution in [0.2, 0.25) is 5.15 Å². The van der Waals surface area contributed by atoms with E-state index in [9.17, 15) is 0 Å². The van der Waals surface area contributed by atoms with Gasteiger partial charge in [-0.15, -0.1) is 0 Å². The Balaban J connectivity index is 3.33. The highest BCUT2D eigenvalue weighted by Crippen LogP contribution is 2.03. The van der Waals surface area contributed by atoms with Crippen LogP contribution < -0.4 is 5.73 Å². The Morgan fingerprint density at radius 2 is 2.44 bits per heavy atom. The summed E-state index contributed by atoms with van der Waals surface area (Å²) in [6.45, 7) is 0. The number of nitrogen functional groups attached to an aromatic ring is 1. The van der Waals surface area contributed by atoms with E-state index in [1.165, 1.54) is 6.07 Å². The molecule has 0 bridgehead atoms. The van der Waals surface area contributed by atoms with Crippen molar-refractivity contribution in [1.82, 2.24) is 9.97 Å². The summed E-state index contributed by atoms with van der Waals surface area (Å²) < 4.78 is 0.399. The predicted octanol–water partition coefficient (Wildman–Crippen LogP) is 1.37. The van der Waals surface area contributed by atoms with Crippen molar-refractivity contribution in [3.05, 3.63) is 15.9 Å². The highest BCUT2D eigenvalue weighted by molar-refractivity contribution is 7.71. The van der Waals surface area contributed by atoms with Crippen molar-refractivity contribution in [2.24, 2.45) is 0 Å². The number of aromatic amines is 1. The lowest BCUT2D eigenvalue weighted by atomic mass is 10.7. The molecule has 3 nitrogen and oxygen atoms in total. The Hall–Kier alpha value is -0.610. The van der Waals surface area contributed by atoms with Crippen LogP contribution in [0.4, 0.5) is 5.95 Å². The Morgan fingerprint density at radius 1 is 1.78 bits per heavy atom. The van der Waals surface area contributed by atoms with Crippen LogP contribution in [0.5, 0.6) is 0 Å². The number of nitrogens with two attached hydrogens (primary N) is 1. The molecular weight excluding hydrogens is 158 g/mol. The second-order valence-corrected chi connectivity index (χ2v) is 2.28. The molecule has 48 valence electrons. The number of nitrogens with one attached hydrogen (secondary N) is 1. The molecule has 0 aromatic carbocycles. The zero-order chi connectivity index (χ0) is 6.85. The van der Waals surface area contributed by atoms with E-state index in [-0.39, 0.29) is 5.95 Å². The molecule has 0 amide bonds. The minimum atomic E-state index is 0.243. The van der Waals surface area contributed by atoms with E-state index < -0.39 is 0 Å². The number of aromatic nitrogens is 2. The molecule has 0 aliphatic rings. The number of nitrogens with zero attached hydrogens (tertiary/aromatic N) is 1. The molecule has 0 radical (unpaired) electrons. The Morgan fingerprint density at radius 3 is 2.89 bits per heavy atom. The van der Waals surface area contributed by atoms with Crippen LogP contribution in [0, 0.1) is 4.64 Å². The lowest BCUT2D eigenvalue weighted by Gasteiger charge is -1.91. The second-order valence-electron chi connectivity index (χ2n) is 1.45. The van der Waals surface area contributed by atoms with Gasteiger partial charge in [0, 0.05) is 6.07 Å². The van der Waals surface area contributed by atoms with E-state index in [0.717, 1.165) is 0 Å². The van der Waals surface area contributed by atoms with Crippen LogP contribution in [0.25, 0.3) is 0 Å². The van der Waals surface area contributed by atoms with Crippen molar-refractivity contribution < 1.29 is 0 Å². The SMILES string of the molecule is Nc1nc(=S)cc(Cl)[nH]1. The first-order valence-electron chi connectivity index (χ1n) is 2.21. The summed E-state index contributed by atoms with van der Waals surface area (Å²) in [6, 6.07) is 1.52. The maximum absolute atomic E-state index is 5.51. The highest BCUT2D eigenvalue weighted by Gasteiger charge is 1.88. The van der Waals surface area contributed by atoms with Crippen molar-refractivity contribution in [1.29, 1.82) is 0 Å². The molecule has 5 heteroatoms. The molecule has 0 spiro atoms. The molecule has 1 heterocycles. The average Bonchev–Trinajstić information content (AvgIpc) is 1.59. The van der Waals surface area contributed by atoms with Gasteiger partial charge in [0.15, 0.2) is 5.95 Å². The molecule has 0 aliphatic heterocycles. The maximum Gasteiger partial charge on any atom is 0.199 e. The van der Waals surface area contributed by atoms with Crippen molar-refractivity contribution in [3.8, 4) is 0 Å². The Bertz CT molecular complexity index is 246. The topological polar surface area (TPSA) is 54.7 Å². The molecule has 0 aliphatic carbocycles. The standard InChI is InChI=1S/C4H4ClN3S/c5-2-1-3(9)8-4(6)7-2/h1H,(H3,6,7,8,9). The van der Waals surface area contributed by atoms with Gasteiger partial charge in [-0.1, -0.05) is 23.8 Å². The van der Waals surface area contributed by atoms with Gasteiger partial charge in [0.1, 0.15) is 9.79 Å². The fourth-order valence-corrected chi connectivity index (χ4v) is 0.927. The average molecular weight is 162 g/mol. The monoisotopic (exact) mass is 161 g/mol. The smallest absolute Gasteiger partial charge is 0.199 e. The number of hydrogen-bond acceptors (Lipinski definition) is 3. The summed E-state index contributed by atoms with van der Waals surface area (Å²) in [5, 5.41) is 0.410. The summed E-state index contributed by atoms with van der Waals surface area (Å²) in [4.78, 5) is 6.26. The predicted molar refractivity (Wildman–Crippen MR) is 38.8 cm³/mol. The van der Waals surface area contributed by atoms with Gasteiger partial charge >= 0.3 is 0 Å². The first-order valence-corrected chi connectivity index (χ1v) is 2.99. The van der Waals surface area contributed by atoms with Gasteiger partial charge < -0.3 is 10.7 Å². The first-order chi connectivity index (χ1) is 4.18.